The topological polar surface area (TPSA) is 40.2 Å². The lowest BCUT2D eigenvalue weighted by atomic mass is 10.1. The third-order valence-electron chi connectivity index (χ3n) is 4.93. The predicted octanol–water partition coefficient (Wildman–Crippen LogP) is 3.11. The van der Waals surface area contributed by atoms with E-state index in [1.807, 2.05) is 35.3 Å². The molecule has 3 rings (SSSR count). The van der Waals surface area contributed by atoms with E-state index in [1.54, 1.807) is 0 Å². The molecule has 1 aliphatic rings. The minimum atomic E-state index is -0.500. The summed E-state index contributed by atoms with van der Waals surface area (Å²) in [7, 11) is 0. The Morgan fingerprint density at radius 1 is 1.11 bits per heavy atom. The molecule has 1 saturated heterocycles. The van der Waals surface area contributed by atoms with E-state index in [-0.39, 0.29) is 17.0 Å². The van der Waals surface area contributed by atoms with Gasteiger partial charge in [0, 0.05) is 37.4 Å². The van der Waals surface area contributed by atoms with Crippen LogP contribution in [0, 0.1) is 5.82 Å². The van der Waals surface area contributed by atoms with Crippen LogP contribution in [0.5, 0.6) is 0 Å². The van der Waals surface area contributed by atoms with Gasteiger partial charge in [0.2, 0.25) is 0 Å². The highest BCUT2D eigenvalue weighted by molar-refractivity contribution is 6.35. The maximum atomic E-state index is 13.7. The zero-order valence-electron chi connectivity index (χ0n) is 15.2. The van der Waals surface area contributed by atoms with Gasteiger partial charge >= 0.3 is 0 Å². The van der Waals surface area contributed by atoms with E-state index < -0.39 is 5.82 Å². The summed E-state index contributed by atoms with van der Waals surface area (Å²) in [6.45, 7) is 5.24. The van der Waals surface area contributed by atoms with Gasteiger partial charge in [0.15, 0.2) is 6.54 Å². The maximum absolute atomic E-state index is 13.7. The number of halogens is 3. The summed E-state index contributed by atoms with van der Waals surface area (Å²) in [5.41, 5.74) is 1.82. The van der Waals surface area contributed by atoms with Crippen LogP contribution in [0.15, 0.2) is 42.5 Å². The van der Waals surface area contributed by atoms with Crippen LogP contribution in [-0.4, -0.2) is 43.5 Å². The molecule has 0 unspecified atom stereocenters. The number of carbonyl (C=O) groups is 1. The van der Waals surface area contributed by atoms with Gasteiger partial charge in [0.05, 0.1) is 10.0 Å². The van der Waals surface area contributed by atoms with Crippen molar-refractivity contribution < 1.29 is 14.5 Å². The Morgan fingerprint density at radius 2 is 1.78 bits per heavy atom. The number of hydrogen-bond donors (Lipinski definition) is 1. The number of nitrogens with zero attached hydrogens (tertiary/aromatic N) is 2. The van der Waals surface area contributed by atoms with Crippen LogP contribution in [0.2, 0.25) is 10.0 Å². The monoisotopic (exact) mass is 410 g/mol. The van der Waals surface area contributed by atoms with Crippen molar-refractivity contribution >= 4 is 34.8 Å². The van der Waals surface area contributed by atoms with Crippen LogP contribution in [0.25, 0.3) is 0 Å². The Balaban J connectivity index is 1.51. The molecular weight excluding hydrogens is 388 g/mol. The van der Waals surface area contributed by atoms with Crippen molar-refractivity contribution in [2.75, 3.05) is 37.6 Å². The summed E-state index contributed by atoms with van der Waals surface area (Å²) in [6.07, 6.45) is 0. The summed E-state index contributed by atoms with van der Waals surface area (Å²) in [5.74, 6) is -0.417. The Morgan fingerprint density at radius 3 is 2.44 bits per heavy atom. The second-order valence-electron chi connectivity index (χ2n) is 6.72. The summed E-state index contributed by atoms with van der Waals surface area (Å²) in [5, 5.41) is 2.29. The highest BCUT2D eigenvalue weighted by Crippen LogP contribution is 2.27. The van der Waals surface area contributed by atoms with Gasteiger partial charge in [0.25, 0.3) is 5.91 Å². The summed E-state index contributed by atoms with van der Waals surface area (Å²) >= 11 is 11.9. The first kappa shape index (κ1) is 19.9. The molecule has 144 valence electrons. The molecule has 0 saturated carbocycles. The Kier molecular flexibility index (Phi) is 6.58. The van der Waals surface area contributed by atoms with E-state index in [9.17, 15) is 9.18 Å². The molecule has 4 nitrogen and oxygen atoms in total. The number of rotatable bonds is 5. The number of para-hydroxylation sites is 1. The van der Waals surface area contributed by atoms with Crippen molar-refractivity contribution in [1.29, 1.82) is 0 Å². The number of amides is 1. The molecule has 1 atom stereocenters. The molecule has 1 amide bonds. The molecule has 27 heavy (non-hydrogen) atoms. The molecule has 0 aromatic heterocycles. The van der Waals surface area contributed by atoms with E-state index in [2.05, 4.69) is 17.0 Å². The van der Waals surface area contributed by atoms with Crippen molar-refractivity contribution in [2.24, 2.45) is 0 Å². The van der Waals surface area contributed by atoms with Gasteiger partial charge in [0.1, 0.15) is 11.9 Å². The number of anilines is 1. The number of piperazine rings is 1. The van der Waals surface area contributed by atoms with E-state index in [1.165, 1.54) is 17.8 Å². The molecule has 2 aromatic rings. The SMILES string of the molecule is C[C@@H]([NH2+]CC(=O)N1CCN(c2ccccc2)CC1)c1cc(F)c(Cl)cc1Cl. The van der Waals surface area contributed by atoms with Crippen molar-refractivity contribution in [2.45, 2.75) is 13.0 Å². The second kappa shape index (κ2) is 8.91. The molecular formula is C20H23Cl2FN3O+. The third kappa shape index (κ3) is 4.92. The molecule has 0 radical (unpaired) electrons. The highest BCUT2D eigenvalue weighted by atomic mass is 35.5. The van der Waals surface area contributed by atoms with Crippen LogP contribution in [0.3, 0.4) is 0 Å². The fraction of sp³-hybridized carbons (Fsp3) is 0.350. The molecule has 1 fully saturated rings. The average Bonchev–Trinajstić information content (AvgIpc) is 2.69. The average molecular weight is 411 g/mol. The quantitative estimate of drug-likeness (QED) is 0.769. The van der Waals surface area contributed by atoms with Crippen LogP contribution in [0.1, 0.15) is 18.5 Å². The summed E-state index contributed by atoms with van der Waals surface area (Å²) < 4.78 is 13.7. The van der Waals surface area contributed by atoms with Crippen molar-refractivity contribution in [3.05, 3.63) is 63.9 Å². The molecule has 1 aliphatic heterocycles. The minimum absolute atomic E-state index is 0.00307. The van der Waals surface area contributed by atoms with Gasteiger partial charge < -0.3 is 15.1 Å². The van der Waals surface area contributed by atoms with Crippen LogP contribution >= 0.6 is 23.2 Å². The molecule has 2 aromatic carbocycles. The molecule has 1 heterocycles. The zero-order chi connectivity index (χ0) is 19.4. The lowest BCUT2D eigenvalue weighted by Gasteiger charge is -2.35. The normalized spacial score (nSPS) is 15.7. The van der Waals surface area contributed by atoms with Crippen LogP contribution in [-0.2, 0) is 4.79 Å². The molecule has 2 N–H and O–H groups in total. The van der Waals surface area contributed by atoms with E-state index in [0.717, 1.165) is 13.1 Å². The second-order valence-corrected chi connectivity index (χ2v) is 7.53. The van der Waals surface area contributed by atoms with Gasteiger partial charge in [-0.3, -0.25) is 4.79 Å². The fourth-order valence-corrected chi connectivity index (χ4v) is 3.83. The standard InChI is InChI=1S/C20H22Cl2FN3O/c1-14(16-11-19(23)18(22)12-17(16)21)24-13-20(27)26-9-7-25(8-10-26)15-5-3-2-4-6-15/h2-6,11-12,14,24H,7-10,13H2,1H3/p+1/t14-/m1/s1. The lowest BCUT2D eigenvalue weighted by Crippen LogP contribution is -2.87. The summed E-state index contributed by atoms with van der Waals surface area (Å²) in [4.78, 5) is 16.7. The van der Waals surface area contributed by atoms with Crippen molar-refractivity contribution in [1.82, 2.24) is 4.90 Å². The van der Waals surface area contributed by atoms with Gasteiger partial charge in [-0.25, -0.2) is 4.39 Å². The molecule has 7 heteroatoms. The zero-order valence-corrected chi connectivity index (χ0v) is 16.7. The largest absolute Gasteiger partial charge is 0.368 e. The smallest absolute Gasteiger partial charge is 0.277 e. The van der Waals surface area contributed by atoms with Crippen LogP contribution < -0.4 is 10.2 Å². The number of quaternary nitrogens is 1. The number of nitrogens with two attached hydrogens (primary N) is 1. The van der Waals surface area contributed by atoms with Crippen LogP contribution in [0.4, 0.5) is 10.1 Å². The highest BCUT2D eigenvalue weighted by Gasteiger charge is 2.23. The fourth-order valence-electron chi connectivity index (χ4n) is 3.27. The minimum Gasteiger partial charge on any atom is -0.368 e. The molecule has 0 bridgehead atoms. The Labute approximate surface area is 168 Å². The molecule has 0 aliphatic carbocycles. The number of benzene rings is 2. The predicted molar refractivity (Wildman–Crippen MR) is 107 cm³/mol. The van der Waals surface area contributed by atoms with Gasteiger partial charge in [-0.05, 0) is 31.2 Å². The Hall–Kier alpha value is -1.82. The first-order chi connectivity index (χ1) is 13.0. The van der Waals surface area contributed by atoms with Crippen molar-refractivity contribution in [3.63, 3.8) is 0 Å². The van der Waals surface area contributed by atoms with E-state index in [4.69, 9.17) is 23.2 Å². The number of hydrogen-bond acceptors (Lipinski definition) is 2. The van der Waals surface area contributed by atoms with E-state index >= 15 is 0 Å². The van der Waals surface area contributed by atoms with Gasteiger partial charge in [-0.1, -0.05) is 41.4 Å². The summed E-state index contributed by atoms with van der Waals surface area (Å²) in [6, 6.07) is 12.8. The first-order valence-electron chi connectivity index (χ1n) is 9.01. The van der Waals surface area contributed by atoms with Gasteiger partial charge in [-0.2, -0.15) is 0 Å². The van der Waals surface area contributed by atoms with Crippen molar-refractivity contribution in [3.8, 4) is 0 Å². The number of carbonyl (C=O) groups excluding carboxylic acids is 1. The first-order valence-corrected chi connectivity index (χ1v) is 9.77. The molecule has 0 spiro atoms. The lowest BCUT2D eigenvalue weighted by molar-refractivity contribution is -0.683. The van der Waals surface area contributed by atoms with E-state index in [0.29, 0.717) is 30.2 Å². The maximum Gasteiger partial charge on any atom is 0.277 e. The third-order valence-corrected chi connectivity index (χ3v) is 5.55. The van der Waals surface area contributed by atoms with Gasteiger partial charge in [-0.15, -0.1) is 0 Å². The Bertz CT molecular complexity index is 795.